The molecule has 0 aliphatic carbocycles. The topological polar surface area (TPSA) is 44.4 Å². The maximum absolute atomic E-state index is 11.9. The van der Waals surface area contributed by atoms with Gasteiger partial charge in [0.15, 0.2) is 0 Å². The van der Waals surface area contributed by atoms with Gasteiger partial charge in [-0.1, -0.05) is 26.0 Å². The van der Waals surface area contributed by atoms with Gasteiger partial charge in [-0.15, -0.1) is 0 Å². The third-order valence-electron chi connectivity index (χ3n) is 4.02. The molecular formula is C16H25N3O. The molecule has 1 aliphatic heterocycles. The first-order chi connectivity index (χ1) is 9.72. The summed E-state index contributed by atoms with van der Waals surface area (Å²) in [5, 5.41) is 5.86. The highest BCUT2D eigenvalue weighted by molar-refractivity contribution is 5.89. The Morgan fingerprint density at radius 3 is 2.70 bits per heavy atom. The average Bonchev–Trinajstić information content (AvgIpc) is 2.93. The maximum atomic E-state index is 11.9. The van der Waals surface area contributed by atoms with Gasteiger partial charge in [0.05, 0.1) is 0 Å². The van der Waals surface area contributed by atoms with Crippen molar-refractivity contribution in [2.24, 2.45) is 0 Å². The molecule has 20 heavy (non-hydrogen) atoms. The lowest BCUT2D eigenvalue weighted by Gasteiger charge is -2.22. The van der Waals surface area contributed by atoms with Crippen molar-refractivity contribution in [1.29, 1.82) is 0 Å². The number of hydrogen-bond donors (Lipinski definition) is 2. The number of aryl methyl sites for hydroxylation is 1. The van der Waals surface area contributed by atoms with Gasteiger partial charge in [-0.2, -0.15) is 0 Å². The van der Waals surface area contributed by atoms with Crippen LogP contribution >= 0.6 is 0 Å². The number of anilines is 1. The third-order valence-corrected chi connectivity index (χ3v) is 4.02. The van der Waals surface area contributed by atoms with Crippen molar-refractivity contribution in [3.8, 4) is 0 Å². The van der Waals surface area contributed by atoms with Gasteiger partial charge >= 0.3 is 6.03 Å². The van der Waals surface area contributed by atoms with Gasteiger partial charge in [-0.25, -0.2) is 4.79 Å². The van der Waals surface area contributed by atoms with E-state index in [0.717, 1.165) is 31.7 Å². The molecule has 1 unspecified atom stereocenters. The van der Waals surface area contributed by atoms with Crippen LogP contribution in [0, 0.1) is 0 Å². The highest BCUT2D eigenvalue weighted by Gasteiger charge is 2.22. The van der Waals surface area contributed by atoms with Crippen LogP contribution in [0.4, 0.5) is 10.5 Å². The van der Waals surface area contributed by atoms with Crippen LogP contribution in [0.2, 0.25) is 0 Å². The van der Waals surface area contributed by atoms with E-state index in [1.807, 2.05) is 24.3 Å². The highest BCUT2D eigenvalue weighted by Crippen LogP contribution is 2.15. The molecule has 2 rings (SSSR count). The number of benzene rings is 1. The maximum Gasteiger partial charge on any atom is 0.319 e. The molecule has 1 fully saturated rings. The Labute approximate surface area is 121 Å². The zero-order chi connectivity index (χ0) is 14.4. The summed E-state index contributed by atoms with van der Waals surface area (Å²) in [5.74, 6) is 0. The number of carbonyl (C=O) groups is 1. The van der Waals surface area contributed by atoms with Crippen molar-refractivity contribution in [3.05, 3.63) is 29.8 Å². The highest BCUT2D eigenvalue weighted by atomic mass is 16.2. The van der Waals surface area contributed by atoms with Crippen LogP contribution in [-0.2, 0) is 6.42 Å². The molecule has 0 bridgehead atoms. The normalized spacial score (nSPS) is 19.0. The zero-order valence-electron chi connectivity index (χ0n) is 12.5. The summed E-state index contributed by atoms with van der Waals surface area (Å²) in [7, 11) is 0. The Balaban J connectivity index is 1.77. The van der Waals surface area contributed by atoms with Crippen molar-refractivity contribution >= 4 is 11.7 Å². The fraction of sp³-hybridized carbons (Fsp3) is 0.562. The van der Waals surface area contributed by atoms with Crippen molar-refractivity contribution in [1.82, 2.24) is 10.2 Å². The molecule has 2 N–H and O–H groups in total. The first-order valence-electron chi connectivity index (χ1n) is 7.60. The largest absolute Gasteiger partial charge is 0.336 e. The van der Waals surface area contributed by atoms with E-state index in [-0.39, 0.29) is 6.03 Å². The lowest BCUT2D eigenvalue weighted by Crippen LogP contribution is -2.41. The number of likely N-dealkylation sites (tertiary alicyclic amines) is 1. The molecule has 0 radical (unpaired) electrons. The predicted octanol–water partition coefficient (Wildman–Crippen LogP) is 2.85. The number of urea groups is 1. The molecule has 1 saturated heterocycles. The van der Waals surface area contributed by atoms with Gasteiger partial charge in [0.25, 0.3) is 0 Å². The summed E-state index contributed by atoms with van der Waals surface area (Å²) in [5.41, 5.74) is 2.12. The molecular weight excluding hydrogens is 250 g/mol. The number of hydrogen-bond acceptors (Lipinski definition) is 2. The number of nitrogens with zero attached hydrogens (tertiary/aromatic N) is 1. The van der Waals surface area contributed by atoms with Crippen LogP contribution < -0.4 is 10.6 Å². The van der Waals surface area contributed by atoms with Crippen molar-refractivity contribution in [3.63, 3.8) is 0 Å². The van der Waals surface area contributed by atoms with Crippen LogP contribution in [-0.4, -0.2) is 36.6 Å². The molecule has 0 spiro atoms. The van der Waals surface area contributed by atoms with E-state index < -0.39 is 0 Å². The molecule has 1 aliphatic rings. The Kier molecular flexibility index (Phi) is 5.41. The van der Waals surface area contributed by atoms with Gasteiger partial charge < -0.3 is 10.6 Å². The molecule has 2 amide bonds. The SMILES string of the molecule is CCc1ccc(NC(=O)NCC2CCCN2CC)cc1. The lowest BCUT2D eigenvalue weighted by molar-refractivity contribution is 0.238. The second-order valence-electron chi connectivity index (χ2n) is 5.31. The number of nitrogens with one attached hydrogen (secondary N) is 2. The molecule has 110 valence electrons. The Hall–Kier alpha value is -1.55. The van der Waals surface area contributed by atoms with Crippen molar-refractivity contribution < 1.29 is 4.79 Å². The lowest BCUT2D eigenvalue weighted by atomic mass is 10.1. The van der Waals surface area contributed by atoms with Crippen molar-refractivity contribution in [2.75, 3.05) is 25.0 Å². The quantitative estimate of drug-likeness (QED) is 0.868. The second-order valence-corrected chi connectivity index (χ2v) is 5.31. The predicted molar refractivity (Wildman–Crippen MR) is 83.1 cm³/mol. The van der Waals surface area contributed by atoms with Gasteiger partial charge in [0, 0.05) is 18.3 Å². The van der Waals surface area contributed by atoms with Crippen LogP contribution in [0.1, 0.15) is 32.3 Å². The van der Waals surface area contributed by atoms with E-state index in [4.69, 9.17) is 0 Å². The minimum atomic E-state index is -0.114. The van der Waals surface area contributed by atoms with E-state index in [2.05, 4.69) is 29.4 Å². The van der Waals surface area contributed by atoms with Crippen LogP contribution in [0.5, 0.6) is 0 Å². The minimum Gasteiger partial charge on any atom is -0.336 e. The number of rotatable bonds is 5. The van der Waals surface area contributed by atoms with E-state index in [9.17, 15) is 4.79 Å². The summed E-state index contributed by atoms with van der Waals surface area (Å²) in [6.07, 6.45) is 3.43. The van der Waals surface area contributed by atoms with E-state index in [0.29, 0.717) is 6.04 Å². The van der Waals surface area contributed by atoms with Crippen LogP contribution in [0.25, 0.3) is 0 Å². The Morgan fingerprint density at radius 2 is 2.05 bits per heavy atom. The molecule has 4 nitrogen and oxygen atoms in total. The second kappa shape index (κ2) is 7.29. The number of likely N-dealkylation sites (N-methyl/N-ethyl adjacent to an activating group) is 1. The van der Waals surface area contributed by atoms with Gasteiger partial charge in [-0.3, -0.25) is 4.90 Å². The zero-order valence-corrected chi connectivity index (χ0v) is 12.5. The van der Waals surface area contributed by atoms with Crippen molar-refractivity contribution in [2.45, 2.75) is 39.2 Å². The standard InChI is InChI=1S/C16H25N3O/c1-3-13-7-9-14(10-8-13)18-16(20)17-12-15-6-5-11-19(15)4-2/h7-10,15H,3-6,11-12H2,1-2H3,(H2,17,18,20). The number of amides is 2. The summed E-state index contributed by atoms with van der Waals surface area (Å²) in [6.45, 7) is 7.24. The molecule has 0 aromatic heterocycles. The van der Waals surface area contributed by atoms with Gasteiger partial charge in [0.2, 0.25) is 0 Å². The monoisotopic (exact) mass is 275 g/mol. The van der Waals surface area contributed by atoms with E-state index >= 15 is 0 Å². The summed E-state index contributed by atoms with van der Waals surface area (Å²) in [4.78, 5) is 14.3. The molecule has 1 aromatic rings. The van der Waals surface area contributed by atoms with Gasteiger partial charge in [-0.05, 0) is 50.0 Å². The molecule has 1 heterocycles. The summed E-state index contributed by atoms with van der Waals surface area (Å²) < 4.78 is 0. The average molecular weight is 275 g/mol. The molecule has 1 atom stereocenters. The summed E-state index contributed by atoms with van der Waals surface area (Å²) in [6, 6.07) is 8.38. The first-order valence-corrected chi connectivity index (χ1v) is 7.60. The third kappa shape index (κ3) is 3.97. The molecule has 1 aromatic carbocycles. The van der Waals surface area contributed by atoms with E-state index in [1.165, 1.54) is 18.4 Å². The molecule has 0 saturated carbocycles. The minimum absolute atomic E-state index is 0.114. The number of carbonyl (C=O) groups excluding carboxylic acids is 1. The van der Waals surface area contributed by atoms with Crippen LogP contribution in [0.3, 0.4) is 0 Å². The fourth-order valence-electron chi connectivity index (χ4n) is 2.75. The molecule has 4 heteroatoms. The Morgan fingerprint density at radius 1 is 1.30 bits per heavy atom. The van der Waals surface area contributed by atoms with Gasteiger partial charge in [0.1, 0.15) is 0 Å². The smallest absolute Gasteiger partial charge is 0.319 e. The fourth-order valence-corrected chi connectivity index (χ4v) is 2.75. The van der Waals surface area contributed by atoms with E-state index in [1.54, 1.807) is 0 Å². The first kappa shape index (κ1) is 14.9. The van der Waals surface area contributed by atoms with Crippen LogP contribution in [0.15, 0.2) is 24.3 Å². The Bertz CT molecular complexity index is 430. The summed E-state index contributed by atoms with van der Waals surface area (Å²) >= 11 is 0.